The van der Waals surface area contributed by atoms with E-state index in [1.807, 2.05) is 62.4 Å². The van der Waals surface area contributed by atoms with Crippen LogP contribution in [0.15, 0.2) is 71.1 Å². The number of aryl methyl sites for hydroxylation is 2. The van der Waals surface area contributed by atoms with Gasteiger partial charge in [0.15, 0.2) is 4.91 Å². The second kappa shape index (κ2) is 7.50. The van der Waals surface area contributed by atoms with E-state index in [-0.39, 0.29) is 11.4 Å². The van der Waals surface area contributed by atoms with Crippen LogP contribution in [0, 0.1) is 13.8 Å². The fraction of sp³-hybridized carbons (Fsp3) is 0.136. The Morgan fingerprint density at radius 1 is 1.07 bits per heavy atom. The third-order valence-electron chi connectivity index (χ3n) is 4.83. The lowest BCUT2D eigenvalue weighted by Gasteiger charge is -2.29. The van der Waals surface area contributed by atoms with Crippen LogP contribution in [0.2, 0.25) is 0 Å². The molecule has 29 heavy (non-hydrogen) atoms. The molecule has 1 aliphatic rings. The minimum atomic E-state index is -4.00. The van der Waals surface area contributed by atoms with Crippen molar-refractivity contribution in [1.82, 2.24) is 0 Å². The predicted octanol–water partition coefficient (Wildman–Crippen LogP) is 4.85. The molecular formula is C22H20N2O3S2. The molecule has 0 unspecified atom stereocenters. The van der Waals surface area contributed by atoms with Crippen molar-refractivity contribution in [2.24, 2.45) is 0 Å². The van der Waals surface area contributed by atoms with Crippen molar-refractivity contribution in [2.75, 3.05) is 9.62 Å². The maximum atomic E-state index is 13.4. The number of carbonyl (C=O) groups excluding carboxylic acids is 1. The molecule has 3 aromatic rings. The van der Waals surface area contributed by atoms with Gasteiger partial charge < -0.3 is 5.32 Å². The molecule has 0 radical (unpaired) electrons. The van der Waals surface area contributed by atoms with Gasteiger partial charge in [-0.2, -0.15) is 0 Å². The molecule has 0 saturated carbocycles. The van der Waals surface area contributed by atoms with E-state index in [4.69, 9.17) is 0 Å². The molecule has 1 aliphatic heterocycles. The van der Waals surface area contributed by atoms with Gasteiger partial charge in [-0.3, -0.25) is 9.10 Å². The van der Waals surface area contributed by atoms with Crippen LogP contribution in [0.5, 0.6) is 0 Å². The van der Waals surface area contributed by atoms with Gasteiger partial charge in [-0.05, 0) is 48.1 Å². The fourth-order valence-electron chi connectivity index (χ4n) is 3.24. The number of thiophene rings is 1. The van der Waals surface area contributed by atoms with Crippen molar-refractivity contribution >= 4 is 38.5 Å². The number of rotatable bonds is 4. The van der Waals surface area contributed by atoms with Gasteiger partial charge in [-0.1, -0.05) is 42.5 Å². The van der Waals surface area contributed by atoms with E-state index in [0.29, 0.717) is 10.6 Å². The Labute approximate surface area is 174 Å². The van der Waals surface area contributed by atoms with Crippen LogP contribution < -0.4 is 9.62 Å². The highest BCUT2D eigenvalue weighted by molar-refractivity contribution is 7.97. The average Bonchev–Trinajstić information content (AvgIpc) is 3.18. The van der Waals surface area contributed by atoms with Crippen LogP contribution in [-0.2, 0) is 16.6 Å². The summed E-state index contributed by atoms with van der Waals surface area (Å²) in [6.07, 6.45) is 1.32. The van der Waals surface area contributed by atoms with E-state index < -0.39 is 15.8 Å². The van der Waals surface area contributed by atoms with Crippen LogP contribution in [0.4, 0.5) is 11.4 Å². The van der Waals surface area contributed by atoms with E-state index in [2.05, 4.69) is 5.32 Å². The first-order chi connectivity index (χ1) is 13.9. The monoisotopic (exact) mass is 424 g/mol. The lowest BCUT2D eigenvalue weighted by Crippen LogP contribution is -2.38. The number of carbonyl (C=O) groups is 1. The second-order valence-electron chi connectivity index (χ2n) is 6.93. The Morgan fingerprint density at radius 2 is 1.83 bits per heavy atom. The molecule has 0 spiro atoms. The van der Waals surface area contributed by atoms with Gasteiger partial charge in [0.1, 0.15) is 4.88 Å². The maximum absolute atomic E-state index is 13.4. The van der Waals surface area contributed by atoms with Gasteiger partial charge in [0.2, 0.25) is 5.78 Å². The van der Waals surface area contributed by atoms with Crippen LogP contribution in [0.25, 0.3) is 0 Å². The van der Waals surface area contributed by atoms with Gasteiger partial charge in [0.25, 0.3) is 10.0 Å². The number of anilines is 2. The summed E-state index contributed by atoms with van der Waals surface area (Å²) < 4.78 is 28.0. The van der Waals surface area contributed by atoms with E-state index in [1.54, 1.807) is 11.4 Å². The average molecular weight is 425 g/mol. The standard InChI is InChI=1S/C22H20N2O3S2/c1-15-8-9-16(2)18(12-15)23-13-20-21(25)22-19(10-11-28-22)24(29(20,26)27)14-17-6-4-3-5-7-17/h3-13,23H,14H2,1-2H3/b20-13-. The number of benzene rings is 2. The highest BCUT2D eigenvalue weighted by atomic mass is 32.2. The normalized spacial score (nSPS) is 16.7. The smallest absolute Gasteiger partial charge is 0.270 e. The molecule has 4 rings (SSSR count). The summed E-state index contributed by atoms with van der Waals surface area (Å²) in [5, 5.41) is 4.78. The number of nitrogens with zero attached hydrogens (tertiary/aromatic N) is 1. The predicted molar refractivity (Wildman–Crippen MR) is 118 cm³/mol. The molecule has 0 saturated heterocycles. The number of nitrogens with one attached hydrogen (secondary N) is 1. The quantitative estimate of drug-likeness (QED) is 0.608. The van der Waals surface area contributed by atoms with Crippen molar-refractivity contribution < 1.29 is 13.2 Å². The molecule has 2 heterocycles. The number of sulfonamides is 1. The Kier molecular flexibility index (Phi) is 5.02. The van der Waals surface area contributed by atoms with Gasteiger partial charge in [0.05, 0.1) is 12.2 Å². The number of Topliss-reactive ketones (excluding diaryl/α,β-unsaturated/α-hetero) is 1. The van der Waals surface area contributed by atoms with E-state index >= 15 is 0 Å². The van der Waals surface area contributed by atoms with Crippen LogP contribution in [-0.4, -0.2) is 14.2 Å². The summed E-state index contributed by atoms with van der Waals surface area (Å²) in [6.45, 7) is 4.05. The SMILES string of the molecule is Cc1ccc(C)c(N/C=C2/C(=O)c3sccc3N(Cc3ccccc3)S2(=O)=O)c1. The molecule has 0 fully saturated rings. The van der Waals surface area contributed by atoms with Crippen molar-refractivity contribution in [2.45, 2.75) is 20.4 Å². The summed E-state index contributed by atoms with van der Waals surface area (Å²) in [4.78, 5) is 13.1. The number of ketones is 1. The highest BCUT2D eigenvalue weighted by Crippen LogP contribution is 2.39. The molecular weight excluding hydrogens is 404 g/mol. The van der Waals surface area contributed by atoms with E-state index in [9.17, 15) is 13.2 Å². The lowest BCUT2D eigenvalue weighted by molar-refractivity contribution is 0.104. The Balaban J connectivity index is 1.77. The van der Waals surface area contributed by atoms with Crippen molar-refractivity contribution in [1.29, 1.82) is 0 Å². The fourth-order valence-corrected chi connectivity index (χ4v) is 5.72. The minimum absolute atomic E-state index is 0.168. The zero-order chi connectivity index (χ0) is 20.6. The van der Waals surface area contributed by atoms with E-state index in [1.165, 1.54) is 21.8 Å². The van der Waals surface area contributed by atoms with Gasteiger partial charge in [0, 0.05) is 11.9 Å². The van der Waals surface area contributed by atoms with Gasteiger partial charge in [-0.25, -0.2) is 8.42 Å². The molecule has 0 atom stereocenters. The molecule has 148 valence electrons. The first kappa shape index (κ1) is 19.4. The van der Waals surface area contributed by atoms with Crippen molar-refractivity contribution in [3.05, 3.63) is 92.6 Å². The number of hydrogen-bond acceptors (Lipinski definition) is 5. The first-order valence-electron chi connectivity index (χ1n) is 9.11. The summed E-state index contributed by atoms with van der Waals surface area (Å²) in [7, 11) is -4.00. The van der Waals surface area contributed by atoms with Crippen molar-refractivity contribution in [3.63, 3.8) is 0 Å². The Bertz CT molecular complexity index is 1210. The summed E-state index contributed by atoms with van der Waals surface area (Å²) in [5.74, 6) is -0.475. The topological polar surface area (TPSA) is 66.5 Å². The third kappa shape index (κ3) is 3.59. The molecule has 1 N–H and O–H groups in total. The third-order valence-corrected chi connectivity index (χ3v) is 7.50. The molecule has 1 aromatic heterocycles. The Hall–Kier alpha value is -2.90. The molecule has 0 aliphatic carbocycles. The van der Waals surface area contributed by atoms with Crippen molar-refractivity contribution in [3.8, 4) is 0 Å². The molecule has 5 nitrogen and oxygen atoms in total. The summed E-state index contributed by atoms with van der Waals surface area (Å²) >= 11 is 1.26. The Morgan fingerprint density at radius 3 is 2.59 bits per heavy atom. The van der Waals surface area contributed by atoms with Gasteiger partial charge >= 0.3 is 0 Å². The lowest BCUT2D eigenvalue weighted by atomic mass is 10.1. The number of fused-ring (bicyclic) bond motifs is 1. The van der Waals surface area contributed by atoms with Crippen LogP contribution >= 0.6 is 11.3 Å². The number of allylic oxidation sites excluding steroid dienone is 1. The first-order valence-corrected chi connectivity index (χ1v) is 11.4. The molecule has 0 bridgehead atoms. The highest BCUT2D eigenvalue weighted by Gasteiger charge is 2.41. The van der Waals surface area contributed by atoms with Crippen LogP contribution in [0.1, 0.15) is 26.4 Å². The van der Waals surface area contributed by atoms with Gasteiger partial charge in [-0.15, -0.1) is 11.3 Å². The summed E-state index contributed by atoms with van der Waals surface area (Å²) in [6, 6.07) is 16.9. The molecule has 2 aromatic carbocycles. The molecule has 0 amide bonds. The number of hydrogen-bond donors (Lipinski definition) is 1. The van der Waals surface area contributed by atoms with Crippen LogP contribution in [0.3, 0.4) is 0 Å². The summed E-state index contributed by atoms with van der Waals surface area (Å²) in [5.41, 5.74) is 4.07. The molecule has 7 heteroatoms. The maximum Gasteiger partial charge on any atom is 0.270 e. The minimum Gasteiger partial charge on any atom is -0.360 e. The zero-order valence-electron chi connectivity index (χ0n) is 16.0. The zero-order valence-corrected chi connectivity index (χ0v) is 17.7. The second-order valence-corrected chi connectivity index (χ2v) is 9.68. The van der Waals surface area contributed by atoms with E-state index in [0.717, 1.165) is 22.4 Å². The largest absolute Gasteiger partial charge is 0.360 e.